The van der Waals surface area contributed by atoms with Crippen LogP contribution in [0.15, 0.2) is 48.9 Å². The van der Waals surface area contributed by atoms with Crippen LogP contribution < -0.4 is 26.0 Å². The van der Waals surface area contributed by atoms with Gasteiger partial charge in [-0.2, -0.15) is 4.39 Å². The maximum absolute atomic E-state index is 14.9. The lowest BCUT2D eigenvalue weighted by Crippen LogP contribution is -2.60. The quantitative estimate of drug-likeness (QED) is 0.123. The van der Waals surface area contributed by atoms with E-state index in [1.807, 2.05) is 25.1 Å². The van der Waals surface area contributed by atoms with Gasteiger partial charge in [-0.15, -0.1) is 0 Å². The zero-order valence-electron chi connectivity index (χ0n) is 26.7. The summed E-state index contributed by atoms with van der Waals surface area (Å²) in [7, 11) is 3.66. The zero-order valence-corrected chi connectivity index (χ0v) is 26.7. The van der Waals surface area contributed by atoms with Crippen LogP contribution in [0.5, 0.6) is 5.75 Å². The monoisotopic (exact) mass is 633 g/mol. The van der Waals surface area contributed by atoms with Crippen molar-refractivity contribution >= 4 is 23.1 Å². The number of nitrogens with zero attached hydrogens (tertiary/aromatic N) is 4. The average Bonchev–Trinajstić information content (AvgIpc) is 3.45. The van der Waals surface area contributed by atoms with Crippen molar-refractivity contribution in [2.24, 2.45) is 11.8 Å². The molecule has 2 aliphatic rings. The van der Waals surface area contributed by atoms with E-state index >= 15 is 0 Å². The summed E-state index contributed by atoms with van der Waals surface area (Å²) in [5, 5.41) is 13.2. The minimum absolute atomic E-state index is 0.0569. The van der Waals surface area contributed by atoms with E-state index in [1.165, 1.54) is 38.5 Å². The van der Waals surface area contributed by atoms with Crippen molar-refractivity contribution in [2.45, 2.75) is 19.8 Å². The van der Waals surface area contributed by atoms with E-state index in [0.29, 0.717) is 35.7 Å². The molecule has 10 nitrogen and oxygen atoms in total. The number of carbonyl (C=O) groups is 1. The first-order chi connectivity index (χ1) is 22.3. The van der Waals surface area contributed by atoms with E-state index in [-0.39, 0.29) is 17.2 Å². The van der Waals surface area contributed by atoms with Crippen LogP contribution in [-0.2, 0) is 6.42 Å². The van der Waals surface area contributed by atoms with Gasteiger partial charge in [0.25, 0.3) is 5.91 Å². The summed E-state index contributed by atoms with van der Waals surface area (Å²) in [6.07, 6.45) is 6.29. The van der Waals surface area contributed by atoms with Crippen molar-refractivity contribution in [2.75, 3.05) is 71.8 Å². The van der Waals surface area contributed by atoms with Gasteiger partial charge in [0.2, 0.25) is 5.82 Å². The van der Waals surface area contributed by atoms with Gasteiger partial charge in [0, 0.05) is 80.2 Å². The third-order valence-electron chi connectivity index (χ3n) is 9.25. The number of halogens is 2. The molecule has 0 atom stereocenters. The minimum Gasteiger partial charge on any atom is -0.494 e. The summed E-state index contributed by atoms with van der Waals surface area (Å²) < 4.78 is 36.9. The van der Waals surface area contributed by atoms with Crippen molar-refractivity contribution < 1.29 is 22.8 Å². The highest BCUT2D eigenvalue weighted by atomic mass is 19.2. The highest BCUT2D eigenvalue weighted by Gasteiger charge is 2.34. The Labute approximate surface area is 268 Å². The van der Waals surface area contributed by atoms with Gasteiger partial charge in [-0.05, 0) is 42.3 Å². The largest absolute Gasteiger partial charge is 0.494 e. The van der Waals surface area contributed by atoms with Crippen LogP contribution in [0.2, 0.25) is 0 Å². The van der Waals surface area contributed by atoms with E-state index in [1.54, 1.807) is 16.8 Å². The van der Waals surface area contributed by atoms with E-state index in [2.05, 4.69) is 38.3 Å². The molecule has 6 rings (SSSR count). The Morgan fingerprint density at radius 2 is 1.80 bits per heavy atom. The molecule has 0 bridgehead atoms. The van der Waals surface area contributed by atoms with Crippen molar-refractivity contribution in [3.63, 3.8) is 0 Å². The predicted molar refractivity (Wildman–Crippen MR) is 174 cm³/mol. The molecule has 4 aromatic rings. The molecule has 46 heavy (non-hydrogen) atoms. The Balaban J connectivity index is 1.11. The highest BCUT2D eigenvalue weighted by molar-refractivity contribution is 5.96. The SMILES string of the molecule is CCc1cc(Nc2nccn3c(-c4ccc(OC)c(F)c4F)cnc23)ccc1C(=O)NCCC[N+](C)(CC1CNC1)CC1CNC1. The topological polar surface area (TPSA) is 105 Å². The van der Waals surface area contributed by atoms with Crippen LogP contribution in [0.25, 0.3) is 16.9 Å². The molecule has 2 aromatic heterocycles. The number of aromatic nitrogens is 3. The third-order valence-corrected chi connectivity index (χ3v) is 9.25. The van der Waals surface area contributed by atoms with E-state index in [9.17, 15) is 13.6 Å². The van der Waals surface area contributed by atoms with Gasteiger partial charge >= 0.3 is 0 Å². The highest BCUT2D eigenvalue weighted by Crippen LogP contribution is 2.32. The van der Waals surface area contributed by atoms with E-state index in [4.69, 9.17) is 4.74 Å². The maximum atomic E-state index is 14.9. The second kappa shape index (κ2) is 13.7. The number of rotatable bonds is 14. The smallest absolute Gasteiger partial charge is 0.251 e. The average molecular weight is 634 g/mol. The molecule has 0 aliphatic carbocycles. The molecule has 0 saturated carbocycles. The second-order valence-electron chi connectivity index (χ2n) is 12.8. The molecule has 4 N–H and O–H groups in total. The Morgan fingerprint density at radius 1 is 1.07 bits per heavy atom. The number of aryl methyl sites for hydroxylation is 1. The first kappa shape index (κ1) is 31.8. The van der Waals surface area contributed by atoms with Crippen molar-refractivity contribution in [3.8, 4) is 17.0 Å². The van der Waals surface area contributed by atoms with Crippen molar-refractivity contribution in [1.29, 1.82) is 0 Å². The summed E-state index contributed by atoms with van der Waals surface area (Å²) in [6.45, 7) is 10.5. The van der Waals surface area contributed by atoms with Crippen LogP contribution in [-0.4, -0.2) is 91.3 Å². The standard InChI is InChI=1S/C34H42F2N8O2/c1-4-24-14-25(42-32-33-41-19-28(43(33)12-11-39-32)27-8-9-29(46-3)31(36)30(27)35)6-7-26(24)34(45)40-10-5-13-44(2,20-22-15-37-16-22)21-23-17-38-18-23/h6-9,11-12,14,19,22-23,37-38H,4-5,10,13,15-18,20-21H2,1-3H3,(H-,39,40,42,45)/p+1. The molecule has 1 amide bonds. The summed E-state index contributed by atoms with van der Waals surface area (Å²) in [5.74, 6) is -0.385. The summed E-state index contributed by atoms with van der Waals surface area (Å²) in [6, 6.07) is 8.46. The van der Waals surface area contributed by atoms with E-state index < -0.39 is 11.6 Å². The molecule has 0 unspecified atom stereocenters. The normalized spacial score (nSPS) is 15.4. The molecule has 12 heteroatoms. The summed E-state index contributed by atoms with van der Waals surface area (Å²) in [4.78, 5) is 22.1. The van der Waals surface area contributed by atoms with Gasteiger partial charge in [0.1, 0.15) is 0 Å². The zero-order chi connectivity index (χ0) is 32.3. The molecule has 4 heterocycles. The number of anilines is 2. The Morgan fingerprint density at radius 3 is 2.46 bits per heavy atom. The fourth-order valence-corrected chi connectivity index (χ4v) is 6.63. The van der Waals surface area contributed by atoms with Gasteiger partial charge in [-0.25, -0.2) is 14.4 Å². The molecular formula is C34H43F2N8O2+. The molecule has 0 spiro atoms. The van der Waals surface area contributed by atoms with Crippen molar-refractivity contribution in [1.82, 2.24) is 30.3 Å². The van der Waals surface area contributed by atoms with Crippen LogP contribution in [0.3, 0.4) is 0 Å². The number of imidazole rings is 1. The van der Waals surface area contributed by atoms with E-state index in [0.717, 1.165) is 66.7 Å². The third kappa shape index (κ3) is 6.69. The molecule has 2 aromatic carbocycles. The summed E-state index contributed by atoms with van der Waals surface area (Å²) >= 11 is 0. The first-order valence-corrected chi connectivity index (χ1v) is 16.1. The number of hydrogen-bond donors (Lipinski definition) is 4. The molecule has 2 aliphatic heterocycles. The van der Waals surface area contributed by atoms with Gasteiger partial charge < -0.3 is 30.5 Å². The summed E-state index contributed by atoms with van der Waals surface area (Å²) in [5.41, 5.74) is 3.17. The number of methoxy groups -OCH3 is 1. The van der Waals surface area contributed by atoms with Gasteiger partial charge in [0.05, 0.1) is 45.7 Å². The maximum Gasteiger partial charge on any atom is 0.251 e. The number of hydrogen-bond acceptors (Lipinski definition) is 7. The first-order valence-electron chi connectivity index (χ1n) is 16.1. The molecule has 2 saturated heterocycles. The van der Waals surface area contributed by atoms with Crippen LogP contribution in [0.1, 0.15) is 29.3 Å². The molecule has 244 valence electrons. The Bertz CT molecular complexity index is 1690. The number of ether oxygens (including phenoxy) is 1. The number of carbonyl (C=O) groups excluding carboxylic acids is 1. The van der Waals surface area contributed by atoms with Gasteiger partial charge in [0.15, 0.2) is 23.0 Å². The second-order valence-corrected chi connectivity index (χ2v) is 12.8. The number of nitrogens with one attached hydrogen (secondary N) is 4. The molecule has 2 fully saturated rings. The van der Waals surface area contributed by atoms with Crippen molar-refractivity contribution in [3.05, 3.63) is 71.7 Å². The predicted octanol–water partition coefficient (Wildman–Crippen LogP) is 3.99. The van der Waals surface area contributed by atoms with Gasteiger partial charge in [-0.3, -0.25) is 9.20 Å². The lowest BCUT2D eigenvalue weighted by atomic mass is 9.97. The number of benzene rings is 2. The van der Waals surface area contributed by atoms with Crippen LogP contribution >= 0.6 is 0 Å². The lowest BCUT2D eigenvalue weighted by molar-refractivity contribution is -0.916. The number of quaternary nitrogens is 1. The minimum atomic E-state index is -1.06. The molecular weight excluding hydrogens is 590 g/mol. The number of fused-ring (bicyclic) bond motifs is 1. The molecule has 0 radical (unpaired) electrons. The fraction of sp³-hybridized carbons (Fsp3) is 0.441. The Kier molecular flexibility index (Phi) is 9.48. The Hall–Kier alpha value is -4.13. The lowest BCUT2D eigenvalue weighted by Gasteiger charge is -2.44. The number of amides is 1. The fourth-order valence-electron chi connectivity index (χ4n) is 6.63. The van der Waals surface area contributed by atoms with Crippen LogP contribution in [0.4, 0.5) is 20.3 Å². The van der Waals surface area contributed by atoms with Gasteiger partial charge in [-0.1, -0.05) is 6.92 Å². The van der Waals surface area contributed by atoms with Crippen LogP contribution in [0, 0.1) is 23.5 Å².